The summed E-state index contributed by atoms with van der Waals surface area (Å²) in [7, 11) is 0. The van der Waals surface area contributed by atoms with Crippen LogP contribution in [-0.4, -0.2) is 17.8 Å². The standard InChI is InChI=1S/C26H26N4O2/c31-25-27-26(28-29(25)20-13-6-2-7-14-20)18-10-17-22-23(26)24(19-11-4-1-5-12-19)30(32-22)21-15-8-3-9-16-21/h1-9,11-16,22-24,28H,10,17-18H2,(H,27,31)/t22-,23-,24+,26-/m1/s1. The van der Waals surface area contributed by atoms with Crippen LogP contribution in [0.2, 0.25) is 0 Å². The Morgan fingerprint density at radius 3 is 2.16 bits per heavy atom. The van der Waals surface area contributed by atoms with Crippen molar-refractivity contribution < 1.29 is 9.63 Å². The molecule has 3 aromatic carbocycles. The summed E-state index contributed by atoms with van der Waals surface area (Å²) in [6.07, 6.45) is 2.78. The Labute approximate surface area is 187 Å². The number of para-hydroxylation sites is 2. The van der Waals surface area contributed by atoms with Gasteiger partial charge in [0.2, 0.25) is 0 Å². The molecule has 6 rings (SSSR count). The van der Waals surface area contributed by atoms with E-state index in [1.54, 1.807) is 5.01 Å². The fourth-order valence-corrected chi connectivity index (χ4v) is 5.54. The number of anilines is 2. The summed E-state index contributed by atoms with van der Waals surface area (Å²) in [6.45, 7) is 0. The highest BCUT2D eigenvalue weighted by molar-refractivity contribution is 5.94. The zero-order valence-electron chi connectivity index (χ0n) is 17.7. The smallest absolute Gasteiger partial charge is 0.316 e. The second-order valence-corrected chi connectivity index (χ2v) is 8.76. The minimum atomic E-state index is -0.583. The number of hydrogen-bond acceptors (Lipinski definition) is 4. The molecule has 2 heterocycles. The van der Waals surface area contributed by atoms with Gasteiger partial charge in [0, 0.05) is 0 Å². The highest BCUT2D eigenvalue weighted by Crippen LogP contribution is 2.52. The molecule has 6 heteroatoms. The summed E-state index contributed by atoms with van der Waals surface area (Å²) in [4.78, 5) is 19.7. The summed E-state index contributed by atoms with van der Waals surface area (Å²) in [6, 6.07) is 30.3. The van der Waals surface area contributed by atoms with Gasteiger partial charge in [-0.15, -0.1) is 0 Å². The van der Waals surface area contributed by atoms with Crippen LogP contribution in [0.15, 0.2) is 91.0 Å². The average Bonchev–Trinajstić information content (AvgIpc) is 3.40. The molecule has 1 saturated carbocycles. The van der Waals surface area contributed by atoms with Crippen LogP contribution in [0.5, 0.6) is 0 Å². The normalized spacial score (nSPS) is 29.2. The van der Waals surface area contributed by atoms with Gasteiger partial charge in [-0.3, -0.25) is 4.84 Å². The third-order valence-corrected chi connectivity index (χ3v) is 6.88. The molecule has 0 radical (unpaired) electrons. The van der Waals surface area contributed by atoms with Gasteiger partial charge in [0.05, 0.1) is 29.4 Å². The quantitative estimate of drug-likeness (QED) is 0.633. The second kappa shape index (κ2) is 7.65. The van der Waals surface area contributed by atoms with E-state index in [-0.39, 0.29) is 24.1 Å². The summed E-state index contributed by atoms with van der Waals surface area (Å²) < 4.78 is 0. The molecule has 162 valence electrons. The molecule has 32 heavy (non-hydrogen) atoms. The van der Waals surface area contributed by atoms with Crippen molar-refractivity contribution in [3.8, 4) is 0 Å². The molecule has 3 fully saturated rings. The maximum atomic E-state index is 13.1. The van der Waals surface area contributed by atoms with Gasteiger partial charge >= 0.3 is 6.03 Å². The molecule has 3 aromatic rings. The summed E-state index contributed by atoms with van der Waals surface area (Å²) in [5.74, 6) is 0.0384. The number of nitrogens with one attached hydrogen (secondary N) is 2. The lowest BCUT2D eigenvalue weighted by molar-refractivity contribution is 0.00991. The molecule has 2 saturated heterocycles. The van der Waals surface area contributed by atoms with Crippen molar-refractivity contribution >= 4 is 17.4 Å². The Morgan fingerprint density at radius 1 is 0.844 bits per heavy atom. The molecule has 0 aromatic heterocycles. The lowest BCUT2D eigenvalue weighted by atomic mass is 9.72. The Kier molecular flexibility index (Phi) is 4.63. The molecule has 0 unspecified atom stereocenters. The third-order valence-electron chi connectivity index (χ3n) is 6.88. The maximum Gasteiger partial charge on any atom is 0.338 e. The van der Waals surface area contributed by atoms with Gasteiger partial charge in [0.15, 0.2) is 0 Å². The van der Waals surface area contributed by atoms with Crippen molar-refractivity contribution in [1.82, 2.24) is 10.7 Å². The van der Waals surface area contributed by atoms with E-state index < -0.39 is 5.66 Å². The lowest BCUT2D eigenvalue weighted by Crippen LogP contribution is -2.62. The SMILES string of the molecule is O=C1N[C@]2(CCC[C@H]3ON(c4ccccc4)[C@@H](c4ccccc4)[C@@H]32)NN1c1ccccc1. The fraction of sp³-hybridized carbons (Fsp3) is 0.269. The zero-order valence-corrected chi connectivity index (χ0v) is 17.7. The number of carbonyl (C=O) groups is 1. The molecule has 2 N–H and O–H groups in total. The monoisotopic (exact) mass is 426 g/mol. The highest BCUT2D eigenvalue weighted by atomic mass is 16.7. The molecule has 2 aliphatic heterocycles. The highest BCUT2D eigenvalue weighted by Gasteiger charge is 2.61. The van der Waals surface area contributed by atoms with Crippen molar-refractivity contribution in [3.05, 3.63) is 96.6 Å². The Balaban J connectivity index is 1.43. The van der Waals surface area contributed by atoms with Crippen LogP contribution in [0.3, 0.4) is 0 Å². The molecule has 1 aliphatic carbocycles. The Bertz CT molecular complexity index is 1090. The van der Waals surface area contributed by atoms with Crippen molar-refractivity contribution in [2.45, 2.75) is 37.1 Å². The van der Waals surface area contributed by atoms with Gasteiger partial charge in [0.25, 0.3) is 0 Å². The summed E-state index contributed by atoms with van der Waals surface area (Å²) >= 11 is 0. The van der Waals surface area contributed by atoms with Crippen LogP contribution < -0.4 is 20.8 Å². The van der Waals surface area contributed by atoms with Crippen molar-refractivity contribution in [2.75, 3.05) is 10.1 Å². The molecule has 6 nitrogen and oxygen atoms in total. The number of hydrazine groups is 1. The first-order chi connectivity index (χ1) is 15.8. The minimum Gasteiger partial charge on any atom is -0.316 e. The Morgan fingerprint density at radius 2 is 1.47 bits per heavy atom. The van der Waals surface area contributed by atoms with E-state index in [1.807, 2.05) is 54.6 Å². The molecule has 0 bridgehead atoms. The van der Waals surface area contributed by atoms with Crippen LogP contribution in [0.1, 0.15) is 30.9 Å². The van der Waals surface area contributed by atoms with Crippen LogP contribution >= 0.6 is 0 Å². The number of hydrogen-bond donors (Lipinski definition) is 2. The predicted molar refractivity (Wildman–Crippen MR) is 124 cm³/mol. The molecular formula is C26H26N4O2. The molecule has 1 spiro atoms. The minimum absolute atomic E-state index is 0.00214. The van der Waals surface area contributed by atoms with E-state index in [1.165, 1.54) is 5.56 Å². The van der Waals surface area contributed by atoms with Crippen molar-refractivity contribution in [1.29, 1.82) is 0 Å². The first-order valence-corrected chi connectivity index (χ1v) is 11.3. The largest absolute Gasteiger partial charge is 0.338 e. The number of hydroxylamine groups is 1. The van der Waals surface area contributed by atoms with Crippen LogP contribution in [0, 0.1) is 5.92 Å². The number of benzene rings is 3. The van der Waals surface area contributed by atoms with Crippen LogP contribution in [-0.2, 0) is 4.84 Å². The lowest BCUT2D eigenvalue weighted by Gasteiger charge is -2.43. The van der Waals surface area contributed by atoms with Gasteiger partial charge in [-0.1, -0.05) is 66.7 Å². The Hall–Kier alpha value is -3.35. The van der Waals surface area contributed by atoms with Gasteiger partial charge in [-0.25, -0.2) is 14.9 Å². The van der Waals surface area contributed by atoms with Crippen molar-refractivity contribution in [2.24, 2.45) is 5.92 Å². The van der Waals surface area contributed by atoms with Gasteiger partial charge < -0.3 is 5.32 Å². The number of carbonyl (C=O) groups excluding carboxylic acids is 1. The van der Waals surface area contributed by atoms with Crippen LogP contribution in [0.4, 0.5) is 16.2 Å². The predicted octanol–water partition coefficient (Wildman–Crippen LogP) is 4.78. The first kappa shape index (κ1) is 19.3. The van der Waals surface area contributed by atoms with Crippen LogP contribution in [0.25, 0.3) is 0 Å². The average molecular weight is 427 g/mol. The number of nitrogens with zero attached hydrogens (tertiary/aromatic N) is 2. The first-order valence-electron chi connectivity index (χ1n) is 11.3. The fourth-order valence-electron chi connectivity index (χ4n) is 5.54. The molecular weight excluding hydrogens is 400 g/mol. The van der Waals surface area contributed by atoms with E-state index in [4.69, 9.17) is 4.84 Å². The third kappa shape index (κ3) is 3.06. The number of urea groups is 1. The number of rotatable bonds is 3. The number of fused-ring (bicyclic) bond motifs is 2. The molecule has 2 amide bonds. The van der Waals surface area contributed by atoms with E-state index in [2.05, 4.69) is 52.2 Å². The van der Waals surface area contributed by atoms with E-state index in [9.17, 15) is 4.79 Å². The van der Waals surface area contributed by atoms with Gasteiger partial charge in [-0.2, -0.15) is 5.43 Å². The van der Waals surface area contributed by atoms with Gasteiger partial charge in [-0.05, 0) is 49.1 Å². The van der Waals surface area contributed by atoms with Crippen molar-refractivity contribution in [3.63, 3.8) is 0 Å². The van der Waals surface area contributed by atoms with E-state index >= 15 is 0 Å². The maximum absolute atomic E-state index is 13.1. The summed E-state index contributed by atoms with van der Waals surface area (Å²) in [5.41, 5.74) is 6.03. The van der Waals surface area contributed by atoms with E-state index in [0.29, 0.717) is 0 Å². The van der Waals surface area contributed by atoms with E-state index in [0.717, 1.165) is 30.6 Å². The number of amides is 2. The molecule has 3 aliphatic rings. The topological polar surface area (TPSA) is 56.8 Å². The molecule has 4 atom stereocenters. The zero-order chi connectivity index (χ0) is 21.5. The van der Waals surface area contributed by atoms with Gasteiger partial charge in [0.1, 0.15) is 5.66 Å². The second-order valence-electron chi connectivity index (χ2n) is 8.76. The summed E-state index contributed by atoms with van der Waals surface area (Å²) in [5, 5.41) is 7.03.